The van der Waals surface area contributed by atoms with E-state index in [1.807, 2.05) is 6.92 Å². The Balaban J connectivity index is 2.81. The molecule has 0 fully saturated rings. The molecule has 0 bridgehead atoms. The SMILES string of the molecule is CCC[C@@H](CO)Nc1ccc([N+](=O)O)cc1Br. The maximum atomic E-state index is 10.7. The fourth-order valence-corrected chi connectivity index (χ4v) is 2.00. The Morgan fingerprint density at radius 1 is 1.53 bits per heavy atom. The molecule has 5 nitrogen and oxygen atoms in total. The summed E-state index contributed by atoms with van der Waals surface area (Å²) in [5.41, 5.74) is 0.932. The van der Waals surface area contributed by atoms with Crippen LogP contribution in [0.15, 0.2) is 22.7 Å². The van der Waals surface area contributed by atoms with Crippen LogP contribution in [0.25, 0.3) is 0 Å². The van der Waals surface area contributed by atoms with Gasteiger partial charge in [-0.1, -0.05) is 13.3 Å². The van der Waals surface area contributed by atoms with E-state index < -0.39 is 0 Å². The first-order chi connectivity index (χ1) is 8.08. The average molecular weight is 304 g/mol. The van der Waals surface area contributed by atoms with E-state index in [0.29, 0.717) is 4.47 Å². The van der Waals surface area contributed by atoms with Crippen molar-refractivity contribution in [3.8, 4) is 0 Å². The quantitative estimate of drug-likeness (QED) is 0.707. The second-order valence-electron chi connectivity index (χ2n) is 3.75. The molecule has 0 aliphatic carbocycles. The van der Waals surface area contributed by atoms with Crippen LogP contribution in [-0.4, -0.2) is 27.9 Å². The van der Waals surface area contributed by atoms with Crippen molar-refractivity contribution < 1.29 is 15.2 Å². The molecule has 17 heavy (non-hydrogen) atoms. The van der Waals surface area contributed by atoms with Crippen molar-refractivity contribution in [3.05, 3.63) is 27.6 Å². The molecular formula is C11H16BrN2O3+. The van der Waals surface area contributed by atoms with E-state index in [-0.39, 0.29) is 23.3 Å². The van der Waals surface area contributed by atoms with Crippen LogP contribution >= 0.6 is 15.9 Å². The third kappa shape index (κ3) is 3.98. The summed E-state index contributed by atoms with van der Waals surface area (Å²) < 4.78 is 0.666. The van der Waals surface area contributed by atoms with E-state index in [1.165, 1.54) is 12.1 Å². The maximum Gasteiger partial charge on any atom is 0.317 e. The summed E-state index contributed by atoms with van der Waals surface area (Å²) in [4.78, 5) is 10.5. The van der Waals surface area contributed by atoms with Crippen molar-refractivity contribution in [2.45, 2.75) is 25.8 Å². The zero-order valence-corrected chi connectivity index (χ0v) is 11.1. The minimum absolute atomic E-state index is 0.0142. The number of nitrogens with one attached hydrogen (secondary N) is 1. The molecule has 1 aromatic carbocycles. The molecule has 1 aromatic rings. The third-order valence-corrected chi connectivity index (χ3v) is 3.05. The van der Waals surface area contributed by atoms with Crippen molar-refractivity contribution in [1.29, 1.82) is 0 Å². The van der Waals surface area contributed by atoms with Gasteiger partial charge in [0.05, 0.1) is 11.5 Å². The Labute approximate surface area is 108 Å². The van der Waals surface area contributed by atoms with Crippen molar-refractivity contribution in [1.82, 2.24) is 0 Å². The average Bonchev–Trinajstić information content (AvgIpc) is 2.30. The molecule has 0 unspecified atom stereocenters. The predicted molar refractivity (Wildman–Crippen MR) is 68.6 cm³/mol. The Morgan fingerprint density at radius 2 is 2.24 bits per heavy atom. The molecule has 0 aromatic heterocycles. The maximum absolute atomic E-state index is 10.7. The van der Waals surface area contributed by atoms with E-state index in [2.05, 4.69) is 21.2 Å². The van der Waals surface area contributed by atoms with Gasteiger partial charge in [-0.3, -0.25) is 0 Å². The van der Waals surface area contributed by atoms with Gasteiger partial charge >= 0.3 is 5.69 Å². The van der Waals surface area contributed by atoms with Crippen LogP contribution in [0, 0.1) is 4.91 Å². The Bertz CT molecular complexity index is 398. The number of hydrogen-bond donors (Lipinski definition) is 3. The molecule has 3 N–H and O–H groups in total. The Morgan fingerprint density at radius 3 is 2.71 bits per heavy atom. The molecule has 94 valence electrons. The minimum Gasteiger partial charge on any atom is -0.394 e. The number of benzene rings is 1. The summed E-state index contributed by atoms with van der Waals surface area (Å²) in [6.07, 6.45) is 1.83. The topological polar surface area (TPSA) is 72.6 Å². The molecule has 0 amide bonds. The smallest absolute Gasteiger partial charge is 0.317 e. The van der Waals surface area contributed by atoms with Gasteiger partial charge in [0.2, 0.25) is 0 Å². The van der Waals surface area contributed by atoms with E-state index in [0.717, 1.165) is 18.5 Å². The fraction of sp³-hybridized carbons (Fsp3) is 0.455. The van der Waals surface area contributed by atoms with Gasteiger partial charge in [-0.2, -0.15) is 0 Å². The van der Waals surface area contributed by atoms with Crippen LogP contribution in [0.2, 0.25) is 0 Å². The van der Waals surface area contributed by atoms with Crippen LogP contribution in [0.1, 0.15) is 19.8 Å². The number of aliphatic hydroxyl groups is 1. The summed E-state index contributed by atoms with van der Waals surface area (Å²) in [6, 6.07) is 4.68. The van der Waals surface area contributed by atoms with Crippen molar-refractivity contribution in [3.63, 3.8) is 0 Å². The lowest BCUT2D eigenvalue weighted by Crippen LogP contribution is -2.23. The summed E-state index contributed by atoms with van der Waals surface area (Å²) in [7, 11) is 0. The monoisotopic (exact) mass is 303 g/mol. The van der Waals surface area contributed by atoms with Gasteiger partial charge in [-0.15, -0.1) is 0 Å². The lowest BCUT2D eigenvalue weighted by atomic mass is 10.1. The van der Waals surface area contributed by atoms with Gasteiger partial charge in [0.25, 0.3) is 4.92 Å². The zero-order valence-electron chi connectivity index (χ0n) is 9.56. The van der Waals surface area contributed by atoms with Gasteiger partial charge in [0.15, 0.2) is 0 Å². The second kappa shape index (κ2) is 6.56. The molecule has 6 heteroatoms. The molecule has 0 saturated heterocycles. The van der Waals surface area contributed by atoms with Crippen LogP contribution in [0.5, 0.6) is 0 Å². The highest BCUT2D eigenvalue weighted by Crippen LogP contribution is 2.27. The highest BCUT2D eigenvalue weighted by atomic mass is 79.9. The van der Waals surface area contributed by atoms with Gasteiger partial charge < -0.3 is 10.4 Å². The third-order valence-electron chi connectivity index (χ3n) is 2.39. The van der Waals surface area contributed by atoms with Gasteiger partial charge in [-0.05, 0) is 28.4 Å². The molecule has 0 saturated carbocycles. The molecule has 1 atom stereocenters. The first-order valence-electron chi connectivity index (χ1n) is 5.41. The molecular weight excluding hydrogens is 288 g/mol. The number of hydrogen-bond acceptors (Lipinski definition) is 3. The largest absolute Gasteiger partial charge is 0.394 e. The van der Waals surface area contributed by atoms with Crippen LogP contribution in [0.4, 0.5) is 11.4 Å². The second-order valence-corrected chi connectivity index (χ2v) is 4.60. The van der Waals surface area contributed by atoms with Gasteiger partial charge in [0.1, 0.15) is 0 Å². The molecule has 0 aliphatic heterocycles. The lowest BCUT2D eigenvalue weighted by Gasteiger charge is -2.17. The first-order valence-corrected chi connectivity index (χ1v) is 6.20. The van der Waals surface area contributed by atoms with Crippen LogP contribution < -0.4 is 5.32 Å². The van der Waals surface area contributed by atoms with E-state index in [4.69, 9.17) is 5.21 Å². The number of nitrogens with zero attached hydrogens (tertiary/aromatic N) is 1. The summed E-state index contributed by atoms with van der Waals surface area (Å²) >= 11 is 3.30. The summed E-state index contributed by atoms with van der Waals surface area (Å²) in [5.74, 6) is 0. The molecule has 0 aliphatic rings. The van der Waals surface area contributed by atoms with Crippen LogP contribution in [-0.2, 0) is 0 Å². The summed E-state index contributed by atoms with van der Waals surface area (Å²) in [5, 5.41) is 21.1. The molecule has 0 heterocycles. The number of anilines is 1. The Hall–Kier alpha value is -1.14. The number of rotatable bonds is 6. The normalized spacial score (nSPS) is 12.2. The lowest BCUT2D eigenvalue weighted by molar-refractivity contribution is -0.729. The Kier molecular flexibility index (Phi) is 5.37. The van der Waals surface area contributed by atoms with E-state index in [9.17, 15) is 10.0 Å². The zero-order chi connectivity index (χ0) is 12.8. The highest BCUT2D eigenvalue weighted by molar-refractivity contribution is 9.10. The van der Waals surface area contributed by atoms with Crippen LogP contribution in [0.3, 0.4) is 0 Å². The standard InChI is InChI=1S/C11H16BrN2O3/c1-2-3-8(7-15)13-11-5-4-9(14(16)17)6-10(11)12/h4-6,8,13,15H,2-3,7H2,1H3,(H,16,17)/q+1/t8-/m0/s1. The summed E-state index contributed by atoms with van der Waals surface area (Å²) in [6.45, 7) is 2.10. The van der Waals surface area contributed by atoms with Crippen molar-refractivity contribution in [2.24, 2.45) is 0 Å². The highest BCUT2D eigenvalue weighted by Gasteiger charge is 2.15. The van der Waals surface area contributed by atoms with Crippen molar-refractivity contribution >= 4 is 27.3 Å². The van der Waals surface area contributed by atoms with E-state index >= 15 is 0 Å². The molecule has 0 spiro atoms. The van der Waals surface area contributed by atoms with Gasteiger partial charge in [-0.25, -0.2) is 5.21 Å². The molecule has 0 radical (unpaired) electrons. The van der Waals surface area contributed by atoms with Crippen molar-refractivity contribution in [2.75, 3.05) is 11.9 Å². The fourth-order valence-electron chi connectivity index (χ4n) is 1.52. The first kappa shape index (κ1) is 13.9. The predicted octanol–water partition coefficient (Wildman–Crippen LogP) is 2.82. The molecule has 1 rings (SSSR count). The van der Waals surface area contributed by atoms with E-state index in [1.54, 1.807) is 6.07 Å². The number of halogens is 1. The van der Waals surface area contributed by atoms with Gasteiger partial charge in [0, 0.05) is 28.3 Å². The minimum atomic E-state index is -0.190. The number of aliphatic hydroxyl groups excluding tert-OH is 1.